The third-order valence-corrected chi connectivity index (χ3v) is 4.44. The first-order valence-corrected chi connectivity index (χ1v) is 9.47. The first-order chi connectivity index (χ1) is 15.3. The van der Waals surface area contributed by atoms with Crippen molar-refractivity contribution in [3.63, 3.8) is 0 Å². The average molecular weight is 440 g/mol. The van der Waals surface area contributed by atoms with E-state index in [9.17, 15) is 22.8 Å². The van der Waals surface area contributed by atoms with Crippen molar-refractivity contribution < 1.29 is 27.5 Å². The van der Waals surface area contributed by atoms with E-state index < -0.39 is 23.6 Å². The van der Waals surface area contributed by atoms with Gasteiger partial charge in [0.2, 0.25) is 5.91 Å². The summed E-state index contributed by atoms with van der Waals surface area (Å²) < 4.78 is 45.3. The van der Waals surface area contributed by atoms with E-state index in [1.165, 1.54) is 55.6 Å². The maximum atomic E-state index is 13.4. The first-order valence-electron chi connectivity index (χ1n) is 9.47. The molecule has 3 aromatic carbocycles. The van der Waals surface area contributed by atoms with Crippen LogP contribution in [0.3, 0.4) is 0 Å². The second kappa shape index (κ2) is 9.82. The van der Waals surface area contributed by atoms with Gasteiger partial charge in [-0.2, -0.15) is 13.2 Å². The Morgan fingerprint density at radius 1 is 0.812 bits per heavy atom. The van der Waals surface area contributed by atoms with Crippen LogP contribution in [0, 0.1) is 0 Å². The van der Waals surface area contributed by atoms with Gasteiger partial charge in [-0.25, -0.2) is 0 Å². The summed E-state index contributed by atoms with van der Waals surface area (Å²) in [6.07, 6.45) is -4.18. The second-order valence-electron chi connectivity index (χ2n) is 6.64. The smallest absolute Gasteiger partial charge is 0.417 e. The van der Waals surface area contributed by atoms with Gasteiger partial charge in [-0.05, 0) is 42.0 Å². The Balaban J connectivity index is 1.71. The van der Waals surface area contributed by atoms with Crippen LogP contribution in [0.5, 0.6) is 5.75 Å². The van der Waals surface area contributed by atoms with Crippen LogP contribution in [0.2, 0.25) is 0 Å². The minimum Gasteiger partial charge on any atom is -0.495 e. The van der Waals surface area contributed by atoms with E-state index >= 15 is 0 Å². The lowest BCUT2D eigenvalue weighted by molar-refractivity contribution is -0.112. The van der Waals surface area contributed by atoms with Crippen LogP contribution < -0.4 is 15.4 Å². The third-order valence-electron chi connectivity index (χ3n) is 4.44. The molecular weight excluding hydrogens is 421 g/mol. The lowest BCUT2D eigenvalue weighted by Gasteiger charge is -2.12. The molecule has 3 rings (SSSR count). The summed E-state index contributed by atoms with van der Waals surface area (Å²) in [6.45, 7) is 0. The van der Waals surface area contributed by atoms with Crippen LogP contribution >= 0.6 is 0 Å². The number of hydrogen-bond donors (Lipinski definition) is 2. The van der Waals surface area contributed by atoms with Gasteiger partial charge in [0.15, 0.2) is 0 Å². The van der Waals surface area contributed by atoms with Crippen LogP contribution in [-0.2, 0) is 4.79 Å². The minimum absolute atomic E-state index is 0.112. The Kier molecular flexibility index (Phi) is 6.94. The van der Waals surface area contributed by atoms with Crippen molar-refractivity contribution in [2.75, 3.05) is 17.7 Å². The number of anilines is 2. The van der Waals surface area contributed by atoms with Gasteiger partial charge in [-0.1, -0.05) is 42.5 Å². The number of methoxy groups -OCH3 is 1. The number of rotatable bonds is 6. The van der Waals surface area contributed by atoms with E-state index in [0.29, 0.717) is 23.1 Å². The predicted molar refractivity (Wildman–Crippen MR) is 116 cm³/mol. The molecule has 0 spiro atoms. The highest BCUT2D eigenvalue weighted by atomic mass is 19.4. The van der Waals surface area contributed by atoms with E-state index in [1.807, 2.05) is 0 Å². The summed E-state index contributed by atoms with van der Waals surface area (Å²) >= 11 is 0. The highest BCUT2D eigenvalue weighted by molar-refractivity contribution is 6.06. The largest absolute Gasteiger partial charge is 0.495 e. The highest BCUT2D eigenvalue weighted by Crippen LogP contribution is 2.33. The lowest BCUT2D eigenvalue weighted by atomic mass is 10.1. The van der Waals surface area contributed by atoms with Crippen LogP contribution in [0.4, 0.5) is 24.5 Å². The molecule has 164 valence electrons. The number of ether oxygens (including phenoxy) is 1. The predicted octanol–water partition coefficient (Wildman–Crippen LogP) is 5.53. The molecule has 0 unspecified atom stereocenters. The Labute approximate surface area is 182 Å². The molecule has 0 aliphatic heterocycles. The number of para-hydroxylation sites is 2. The molecule has 0 radical (unpaired) electrons. The van der Waals surface area contributed by atoms with E-state index in [2.05, 4.69) is 10.6 Å². The summed E-state index contributed by atoms with van der Waals surface area (Å²) in [5.41, 5.74) is -0.135. The fourth-order valence-corrected chi connectivity index (χ4v) is 2.90. The van der Waals surface area contributed by atoms with Gasteiger partial charge in [0.05, 0.1) is 18.4 Å². The summed E-state index contributed by atoms with van der Waals surface area (Å²) in [5, 5.41) is 5.09. The highest BCUT2D eigenvalue weighted by Gasteiger charge is 2.35. The standard InChI is InChI=1S/C24H19F3N2O3/c1-32-21-10-6-5-9-20(21)29-23(31)17-11-13-18(14-12-17)28-22(30)15-19(24(25,26)27)16-7-3-2-4-8-16/h2-15H,1H3,(H,28,30)(H,29,31)/b19-15-. The zero-order chi connectivity index (χ0) is 23.1. The molecular formula is C24H19F3N2O3. The second-order valence-corrected chi connectivity index (χ2v) is 6.64. The summed E-state index contributed by atoms with van der Waals surface area (Å²) in [7, 11) is 1.49. The zero-order valence-corrected chi connectivity index (χ0v) is 16.9. The van der Waals surface area contributed by atoms with Crippen LogP contribution in [-0.4, -0.2) is 25.1 Å². The number of nitrogens with one attached hydrogen (secondary N) is 2. The fraction of sp³-hybridized carbons (Fsp3) is 0.0833. The molecule has 0 aliphatic rings. The maximum Gasteiger partial charge on any atom is 0.417 e. The fourth-order valence-electron chi connectivity index (χ4n) is 2.90. The number of benzene rings is 3. The number of halogens is 3. The molecule has 0 fully saturated rings. The Morgan fingerprint density at radius 2 is 1.44 bits per heavy atom. The lowest BCUT2D eigenvalue weighted by Crippen LogP contribution is -2.16. The molecule has 2 amide bonds. The molecule has 0 heterocycles. The van der Waals surface area contributed by atoms with Crippen molar-refractivity contribution in [2.24, 2.45) is 0 Å². The normalized spacial score (nSPS) is 11.6. The number of alkyl halides is 3. The SMILES string of the molecule is COc1ccccc1NC(=O)c1ccc(NC(=O)/C=C(/c2ccccc2)C(F)(F)F)cc1. The van der Waals surface area contributed by atoms with Gasteiger partial charge in [0.1, 0.15) is 5.75 Å². The topological polar surface area (TPSA) is 67.4 Å². The zero-order valence-electron chi connectivity index (χ0n) is 16.9. The van der Waals surface area contributed by atoms with Crippen molar-refractivity contribution in [2.45, 2.75) is 6.18 Å². The van der Waals surface area contributed by atoms with E-state index in [4.69, 9.17) is 4.74 Å². The molecule has 3 aromatic rings. The van der Waals surface area contributed by atoms with Gasteiger partial charge in [-0.15, -0.1) is 0 Å². The van der Waals surface area contributed by atoms with E-state index in [-0.39, 0.29) is 11.3 Å². The third kappa shape index (κ3) is 5.75. The summed E-state index contributed by atoms with van der Waals surface area (Å²) in [6, 6.07) is 19.7. The quantitative estimate of drug-likeness (QED) is 0.495. The Hall–Kier alpha value is -4.07. The monoisotopic (exact) mass is 440 g/mol. The van der Waals surface area contributed by atoms with Crippen molar-refractivity contribution in [3.05, 3.63) is 96.1 Å². The van der Waals surface area contributed by atoms with Crippen LogP contribution in [0.15, 0.2) is 84.9 Å². The number of allylic oxidation sites excluding steroid dienone is 1. The molecule has 2 N–H and O–H groups in total. The van der Waals surface area contributed by atoms with Crippen molar-refractivity contribution in [1.82, 2.24) is 0 Å². The number of carbonyl (C=O) groups excluding carboxylic acids is 2. The molecule has 0 saturated carbocycles. The molecule has 8 heteroatoms. The first kappa shape index (κ1) is 22.6. The van der Waals surface area contributed by atoms with Crippen molar-refractivity contribution in [3.8, 4) is 5.75 Å². The molecule has 0 aliphatic carbocycles. The molecule has 5 nitrogen and oxygen atoms in total. The van der Waals surface area contributed by atoms with Crippen LogP contribution in [0.25, 0.3) is 5.57 Å². The molecule has 0 aromatic heterocycles. The number of amides is 2. The maximum absolute atomic E-state index is 13.4. The van der Waals surface area contributed by atoms with Crippen LogP contribution in [0.1, 0.15) is 15.9 Å². The van der Waals surface area contributed by atoms with Gasteiger partial charge < -0.3 is 15.4 Å². The summed E-state index contributed by atoms with van der Waals surface area (Å²) in [4.78, 5) is 24.6. The molecule has 0 atom stereocenters. The van der Waals surface area contributed by atoms with Gasteiger partial charge >= 0.3 is 6.18 Å². The number of hydrogen-bond acceptors (Lipinski definition) is 3. The Bertz CT molecular complexity index is 1130. The number of carbonyl (C=O) groups is 2. The molecule has 0 bridgehead atoms. The molecule has 0 saturated heterocycles. The molecule has 32 heavy (non-hydrogen) atoms. The average Bonchev–Trinajstić information content (AvgIpc) is 2.78. The van der Waals surface area contributed by atoms with Gasteiger partial charge in [0, 0.05) is 17.3 Å². The van der Waals surface area contributed by atoms with E-state index in [0.717, 1.165) is 0 Å². The minimum atomic E-state index is -4.70. The van der Waals surface area contributed by atoms with Crippen molar-refractivity contribution >= 4 is 28.8 Å². The van der Waals surface area contributed by atoms with Crippen molar-refractivity contribution in [1.29, 1.82) is 0 Å². The van der Waals surface area contributed by atoms with E-state index in [1.54, 1.807) is 30.3 Å². The van der Waals surface area contributed by atoms with Gasteiger partial charge in [-0.3, -0.25) is 9.59 Å². The van der Waals surface area contributed by atoms with Gasteiger partial charge in [0.25, 0.3) is 5.91 Å². The Morgan fingerprint density at radius 3 is 2.06 bits per heavy atom. The summed E-state index contributed by atoms with van der Waals surface area (Å²) in [5.74, 6) is -0.849.